The van der Waals surface area contributed by atoms with Crippen LogP contribution in [0.4, 0.5) is 5.69 Å². The van der Waals surface area contributed by atoms with Gasteiger partial charge in [0, 0.05) is 10.6 Å². The number of nitrogens with one attached hydrogen (secondary N) is 1. The van der Waals surface area contributed by atoms with Crippen molar-refractivity contribution in [3.8, 4) is 5.75 Å². The van der Waals surface area contributed by atoms with Crippen LogP contribution in [0.3, 0.4) is 0 Å². The van der Waals surface area contributed by atoms with Gasteiger partial charge in [-0.1, -0.05) is 41.4 Å². The first-order valence-corrected chi connectivity index (χ1v) is 6.37. The van der Waals surface area contributed by atoms with Gasteiger partial charge >= 0.3 is 0 Å². The highest BCUT2D eigenvalue weighted by Gasteiger charge is 2.10. The maximum atomic E-state index is 9.89. The van der Waals surface area contributed by atoms with Crippen LogP contribution in [0.1, 0.15) is 12.5 Å². The molecule has 98 valence electrons. The van der Waals surface area contributed by atoms with Crippen molar-refractivity contribution in [2.24, 2.45) is 5.10 Å². The van der Waals surface area contributed by atoms with E-state index in [0.29, 0.717) is 16.3 Å². The Kier molecular flexibility index (Phi) is 4.30. The predicted octanol–water partition coefficient (Wildman–Crippen LogP) is 4.54. The zero-order valence-electron chi connectivity index (χ0n) is 10.2. The molecule has 2 N–H and O–H groups in total. The van der Waals surface area contributed by atoms with Crippen LogP contribution in [-0.2, 0) is 0 Å². The smallest absolute Gasteiger partial charge is 0.143 e. The second-order valence-corrected chi connectivity index (χ2v) is 4.80. The van der Waals surface area contributed by atoms with Gasteiger partial charge in [0.05, 0.1) is 16.4 Å². The highest BCUT2D eigenvalue weighted by Crippen LogP contribution is 2.31. The number of para-hydroxylation sites is 1. The second-order valence-electron chi connectivity index (χ2n) is 3.96. The van der Waals surface area contributed by atoms with Gasteiger partial charge in [0.25, 0.3) is 0 Å². The molecule has 0 aromatic heterocycles. The van der Waals surface area contributed by atoms with Crippen molar-refractivity contribution in [2.45, 2.75) is 6.92 Å². The third-order valence-electron chi connectivity index (χ3n) is 2.54. The van der Waals surface area contributed by atoms with Crippen LogP contribution in [0.2, 0.25) is 10.0 Å². The number of rotatable bonds is 3. The number of phenols is 1. The molecular weight excluding hydrogens is 283 g/mol. The average molecular weight is 295 g/mol. The summed E-state index contributed by atoms with van der Waals surface area (Å²) in [6.45, 7) is 1.76. The first kappa shape index (κ1) is 13.7. The molecule has 0 fully saturated rings. The molecule has 2 aromatic rings. The lowest BCUT2D eigenvalue weighted by Gasteiger charge is -2.07. The molecule has 2 aromatic carbocycles. The molecule has 0 aliphatic carbocycles. The van der Waals surface area contributed by atoms with Crippen molar-refractivity contribution < 1.29 is 5.11 Å². The van der Waals surface area contributed by atoms with E-state index in [4.69, 9.17) is 23.2 Å². The van der Waals surface area contributed by atoms with Gasteiger partial charge in [0.2, 0.25) is 0 Å². The minimum absolute atomic E-state index is 0.0258. The zero-order chi connectivity index (χ0) is 13.8. The van der Waals surface area contributed by atoms with Crippen LogP contribution in [0, 0.1) is 0 Å². The predicted molar refractivity (Wildman–Crippen MR) is 80.4 cm³/mol. The topological polar surface area (TPSA) is 44.6 Å². The second kappa shape index (κ2) is 5.95. The van der Waals surface area contributed by atoms with Gasteiger partial charge in [-0.05, 0) is 31.2 Å². The molecule has 0 aliphatic rings. The quantitative estimate of drug-likeness (QED) is 0.645. The number of phenolic OH excluding ortho intramolecular Hbond substituents is 1. The van der Waals surface area contributed by atoms with Crippen molar-refractivity contribution in [1.82, 2.24) is 0 Å². The number of hydrogen-bond acceptors (Lipinski definition) is 3. The summed E-state index contributed by atoms with van der Waals surface area (Å²) >= 11 is 11.8. The Labute approximate surface area is 121 Å². The number of anilines is 1. The lowest BCUT2D eigenvalue weighted by Crippen LogP contribution is -2.00. The van der Waals surface area contributed by atoms with E-state index in [1.165, 1.54) is 6.07 Å². The van der Waals surface area contributed by atoms with E-state index in [9.17, 15) is 5.11 Å². The first-order chi connectivity index (χ1) is 9.08. The zero-order valence-corrected chi connectivity index (χ0v) is 11.7. The van der Waals surface area contributed by atoms with Gasteiger partial charge in [-0.25, -0.2) is 0 Å². The minimum Gasteiger partial charge on any atom is -0.506 e. The Balaban J connectivity index is 2.27. The van der Waals surface area contributed by atoms with Gasteiger partial charge in [-0.15, -0.1) is 0 Å². The SMILES string of the molecule is C/C(=N/Nc1ccccc1)c1cc(Cl)cc(Cl)c1O. The van der Waals surface area contributed by atoms with E-state index in [-0.39, 0.29) is 10.8 Å². The fourth-order valence-corrected chi connectivity index (χ4v) is 2.06. The number of hydrogen-bond donors (Lipinski definition) is 2. The summed E-state index contributed by atoms with van der Waals surface area (Å²) in [5.74, 6) is -0.0258. The molecule has 0 saturated heterocycles. The number of halogens is 2. The standard InChI is InChI=1S/C14H12Cl2N2O/c1-9(17-18-11-5-3-2-4-6-11)12-7-10(15)8-13(16)14(12)19/h2-8,18-19H,1H3/b17-9-. The summed E-state index contributed by atoms with van der Waals surface area (Å²) in [4.78, 5) is 0. The van der Waals surface area contributed by atoms with Crippen molar-refractivity contribution in [1.29, 1.82) is 0 Å². The molecule has 2 rings (SSSR count). The molecular formula is C14H12Cl2N2O. The number of nitrogens with zero attached hydrogens (tertiary/aromatic N) is 1. The average Bonchev–Trinajstić information content (AvgIpc) is 2.41. The highest BCUT2D eigenvalue weighted by molar-refractivity contribution is 6.36. The molecule has 0 aliphatic heterocycles. The van der Waals surface area contributed by atoms with E-state index in [1.807, 2.05) is 30.3 Å². The lowest BCUT2D eigenvalue weighted by molar-refractivity contribution is 0.474. The van der Waals surface area contributed by atoms with Crippen molar-refractivity contribution in [2.75, 3.05) is 5.43 Å². The van der Waals surface area contributed by atoms with Crippen LogP contribution in [0.15, 0.2) is 47.6 Å². The van der Waals surface area contributed by atoms with E-state index in [1.54, 1.807) is 13.0 Å². The molecule has 0 heterocycles. The van der Waals surface area contributed by atoms with Crippen LogP contribution >= 0.6 is 23.2 Å². The Morgan fingerprint density at radius 3 is 2.53 bits per heavy atom. The van der Waals surface area contributed by atoms with E-state index in [0.717, 1.165) is 5.69 Å². The molecule has 0 unspecified atom stereocenters. The fraction of sp³-hybridized carbons (Fsp3) is 0.0714. The van der Waals surface area contributed by atoms with Gasteiger partial charge in [0.15, 0.2) is 0 Å². The number of aromatic hydroxyl groups is 1. The third kappa shape index (κ3) is 3.40. The largest absolute Gasteiger partial charge is 0.506 e. The van der Waals surface area contributed by atoms with Crippen molar-refractivity contribution >= 4 is 34.6 Å². The van der Waals surface area contributed by atoms with E-state index < -0.39 is 0 Å². The Morgan fingerprint density at radius 2 is 1.84 bits per heavy atom. The number of benzene rings is 2. The lowest BCUT2D eigenvalue weighted by atomic mass is 10.1. The van der Waals surface area contributed by atoms with E-state index in [2.05, 4.69) is 10.5 Å². The molecule has 0 atom stereocenters. The minimum atomic E-state index is -0.0258. The fourth-order valence-electron chi connectivity index (χ4n) is 1.56. The van der Waals surface area contributed by atoms with E-state index >= 15 is 0 Å². The molecule has 0 spiro atoms. The third-order valence-corrected chi connectivity index (χ3v) is 3.05. The summed E-state index contributed by atoms with van der Waals surface area (Å²) in [6, 6.07) is 12.6. The van der Waals surface area contributed by atoms with Crippen LogP contribution in [0.25, 0.3) is 0 Å². The summed E-state index contributed by atoms with van der Waals surface area (Å²) in [5.41, 5.74) is 4.85. The maximum absolute atomic E-state index is 9.89. The van der Waals surface area contributed by atoms with Crippen LogP contribution in [-0.4, -0.2) is 10.8 Å². The maximum Gasteiger partial charge on any atom is 0.143 e. The van der Waals surface area contributed by atoms with Gasteiger partial charge in [-0.2, -0.15) is 5.10 Å². The summed E-state index contributed by atoms with van der Waals surface area (Å²) < 4.78 is 0. The molecule has 0 saturated carbocycles. The van der Waals surface area contributed by atoms with Crippen molar-refractivity contribution in [3.63, 3.8) is 0 Å². The van der Waals surface area contributed by atoms with Crippen LogP contribution in [0.5, 0.6) is 5.75 Å². The molecule has 0 amide bonds. The monoisotopic (exact) mass is 294 g/mol. The molecule has 0 radical (unpaired) electrons. The Bertz CT molecular complexity index is 612. The normalized spacial score (nSPS) is 11.4. The van der Waals surface area contributed by atoms with Gasteiger partial charge in [-0.3, -0.25) is 5.43 Å². The molecule has 5 heteroatoms. The van der Waals surface area contributed by atoms with Crippen molar-refractivity contribution in [3.05, 3.63) is 58.1 Å². The van der Waals surface area contributed by atoms with Gasteiger partial charge < -0.3 is 5.11 Å². The first-order valence-electron chi connectivity index (χ1n) is 5.61. The number of hydrazone groups is 1. The Hall–Kier alpha value is -1.71. The highest BCUT2D eigenvalue weighted by atomic mass is 35.5. The summed E-state index contributed by atoms with van der Waals surface area (Å²) in [6.07, 6.45) is 0. The summed E-state index contributed by atoms with van der Waals surface area (Å²) in [5, 5.41) is 14.7. The summed E-state index contributed by atoms with van der Waals surface area (Å²) in [7, 11) is 0. The van der Waals surface area contributed by atoms with Gasteiger partial charge in [0.1, 0.15) is 5.75 Å². The van der Waals surface area contributed by atoms with Crippen LogP contribution < -0.4 is 5.43 Å². The Morgan fingerprint density at radius 1 is 1.16 bits per heavy atom. The molecule has 19 heavy (non-hydrogen) atoms. The molecule has 0 bridgehead atoms. The molecule has 3 nitrogen and oxygen atoms in total.